The SMILES string of the molecule is C=C(CNCCC)CN1C(=O)C(=O)c2cc(Br)ccc21. The summed E-state index contributed by atoms with van der Waals surface area (Å²) in [5, 5.41) is 3.24. The van der Waals surface area contributed by atoms with Crippen molar-refractivity contribution in [2.45, 2.75) is 13.3 Å². The molecule has 0 radical (unpaired) electrons. The summed E-state index contributed by atoms with van der Waals surface area (Å²) in [4.78, 5) is 25.5. The number of hydrogen-bond donors (Lipinski definition) is 1. The van der Waals surface area contributed by atoms with E-state index in [1.807, 2.05) is 6.07 Å². The second kappa shape index (κ2) is 6.33. The Bertz CT molecular complexity index is 569. The van der Waals surface area contributed by atoms with Gasteiger partial charge in [0.15, 0.2) is 0 Å². The molecule has 4 nitrogen and oxygen atoms in total. The molecule has 2 rings (SSSR count). The van der Waals surface area contributed by atoms with Gasteiger partial charge >= 0.3 is 0 Å². The molecule has 0 fully saturated rings. The van der Waals surface area contributed by atoms with Crippen LogP contribution in [0.25, 0.3) is 0 Å². The first-order chi connectivity index (χ1) is 9.54. The molecular weight excluding hydrogens is 320 g/mol. The van der Waals surface area contributed by atoms with Crippen LogP contribution in [0.1, 0.15) is 23.7 Å². The summed E-state index contributed by atoms with van der Waals surface area (Å²) >= 11 is 3.32. The molecule has 1 aliphatic heterocycles. The van der Waals surface area contributed by atoms with Gasteiger partial charge in [-0.2, -0.15) is 0 Å². The van der Waals surface area contributed by atoms with Crippen LogP contribution in [-0.4, -0.2) is 31.3 Å². The Morgan fingerprint density at radius 2 is 2.15 bits per heavy atom. The predicted octanol–water partition coefficient (Wildman–Crippen LogP) is 2.53. The van der Waals surface area contributed by atoms with E-state index in [9.17, 15) is 9.59 Å². The van der Waals surface area contributed by atoms with E-state index in [2.05, 4.69) is 34.7 Å². The van der Waals surface area contributed by atoms with Crippen LogP contribution < -0.4 is 10.2 Å². The smallest absolute Gasteiger partial charge is 0.299 e. The Hall–Kier alpha value is -1.46. The first-order valence-corrected chi connectivity index (χ1v) is 7.37. The maximum Gasteiger partial charge on any atom is 0.299 e. The zero-order chi connectivity index (χ0) is 14.7. The monoisotopic (exact) mass is 336 g/mol. The van der Waals surface area contributed by atoms with Crippen LogP contribution in [0.15, 0.2) is 34.8 Å². The van der Waals surface area contributed by atoms with Crippen LogP contribution in [-0.2, 0) is 4.79 Å². The molecule has 0 unspecified atom stereocenters. The highest BCUT2D eigenvalue weighted by molar-refractivity contribution is 9.10. The normalized spacial score (nSPS) is 13.8. The largest absolute Gasteiger partial charge is 0.313 e. The zero-order valence-corrected chi connectivity index (χ0v) is 13.0. The maximum absolute atomic E-state index is 12.0. The summed E-state index contributed by atoms with van der Waals surface area (Å²) in [5.74, 6) is -0.926. The van der Waals surface area contributed by atoms with Gasteiger partial charge in [0.25, 0.3) is 11.7 Å². The molecular formula is C15H17BrN2O2. The van der Waals surface area contributed by atoms with Gasteiger partial charge in [0, 0.05) is 17.6 Å². The van der Waals surface area contributed by atoms with Gasteiger partial charge in [0.05, 0.1) is 11.3 Å². The van der Waals surface area contributed by atoms with Crippen LogP contribution in [0.2, 0.25) is 0 Å². The number of ketones is 1. The van der Waals surface area contributed by atoms with E-state index in [-0.39, 0.29) is 0 Å². The first-order valence-electron chi connectivity index (χ1n) is 6.57. The lowest BCUT2D eigenvalue weighted by Crippen LogP contribution is -2.33. The Labute approximate surface area is 127 Å². The lowest BCUT2D eigenvalue weighted by atomic mass is 10.1. The fourth-order valence-corrected chi connectivity index (χ4v) is 2.51. The lowest BCUT2D eigenvalue weighted by molar-refractivity contribution is -0.114. The molecule has 1 aromatic carbocycles. The number of Topliss-reactive ketones (excluding diaryl/α,β-unsaturated/α-hetero) is 1. The van der Waals surface area contributed by atoms with Crippen molar-refractivity contribution in [2.75, 3.05) is 24.5 Å². The van der Waals surface area contributed by atoms with Crippen molar-refractivity contribution in [3.05, 3.63) is 40.4 Å². The van der Waals surface area contributed by atoms with Gasteiger partial charge in [-0.15, -0.1) is 0 Å². The third-order valence-electron chi connectivity index (χ3n) is 3.12. The van der Waals surface area contributed by atoms with Crippen molar-refractivity contribution in [3.63, 3.8) is 0 Å². The van der Waals surface area contributed by atoms with Gasteiger partial charge in [0.1, 0.15) is 0 Å². The second-order valence-electron chi connectivity index (χ2n) is 4.81. The van der Waals surface area contributed by atoms with E-state index >= 15 is 0 Å². The summed E-state index contributed by atoms with van der Waals surface area (Å²) in [6, 6.07) is 5.30. The number of rotatable bonds is 6. The predicted molar refractivity (Wildman–Crippen MR) is 83.1 cm³/mol. The fourth-order valence-electron chi connectivity index (χ4n) is 2.15. The number of hydrogen-bond acceptors (Lipinski definition) is 3. The first kappa shape index (κ1) is 14.9. The standard InChI is InChI=1S/C15H17BrN2O2/c1-3-6-17-8-10(2)9-18-13-5-4-11(16)7-12(13)14(19)15(18)20/h4-5,7,17H,2-3,6,8-9H2,1H3. The van der Waals surface area contributed by atoms with E-state index in [1.165, 1.54) is 4.90 Å². The van der Waals surface area contributed by atoms with Gasteiger partial charge in [-0.05, 0) is 36.7 Å². The van der Waals surface area contributed by atoms with Crippen molar-refractivity contribution in [2.24, 2.45) is 0 Å². The number of nitrogens with one attached hydrogen (secondary N) is 1. The third-order valence-corrected chi connectivity index (χ3v) is 3.61. The molecule has 0 atom stereocenters. The minimum Gasteiger partial charge on any atom is -0.313 e. The molecule has 0 spiro atoms. The van der Waals surface area contributed by atoms with Crippen LogP contribution in [0.3, 0.4) is 0 Å². The minimum absolute atomic E-state index is 0.371. The highest BCUT2D eigenvalue weighted by atomic mass is 79.9. The fraction of sp³-hybridized carbons (Fsp3) is 0.333. The van der Waals surface area contributed by atoms with E-state index in [1.54, 1.807) is 12.1 Å². The molecule has 106 valence electrons. The van der Waals surface area contributed by atoms with Crippen molar-refractivity contribution in [1.82, 2.24) is 5.32 Å². The summed E-state index contributed by atoms with van der Waals surface area (Å²) in [7, 11) is 0. The van der Waals surface area contributed by atoms with Gasteiger partial charge < -0.3 is 10.2 Å². The highest BCUT2D eigenvalue weighted by Crippen LogP contribution is 2.31. The molecule has 0 saturated heterocycles. The van der Waals surface area contributed by atoms with Crippen molar-refractivity contribution >= 4 is 33.3 Å². The number of halogens is 1. The van der Waals surface area contributed by atoms with Crippen LogP contribution in [0.5, 0.6) is 0 Å². The zero-order valence-electron chi connectivity index (χ0n) is 11.4. The van der Waals surface area contributed by atoms with E-state index < -0.39 is 11.7 Å². The van der Waals surface area contributed by atoms with Gasteiger partial charge in [-0.25, -0.2) is 0 Å². The van der Waals surface area contributed by atoms with E-state index in [4.69, 9.17) is 0 Å². The van der Waals surface area contributed by atoms with Crippen molar-refractivity contribution in [1.29, 1.82) is 0 Å². The lowest BCUT2D eigenvalue weighted by Gasteiger charge is -2.18. The maximum atomic E-state index is 12.0. The van der Waals surface area contributed by atoms with E-state index in [0.717, 1.165) is 23.0 Å². The summed E-state index contributed by atoms with van der Waals surface area (Å²) in [5.41, 5.74) is 2.01. The minimum atomic E-state index is -0.477. The van der Waals surface area contributed by atoms with E-state index in [0.29, 0.717) is 24.3 Å². The van der Waals surface area contributed by atoms with Gasteiger partial charge in [0.2, 0.25) is 0 Å². The molecule has 1 aromatic rings. The summed E-state index contributed by atoms with van der Waals surface area (Å²) in [6.07, 6.45) is 1.05. The van der Waals surface area contributed by atoms with Gasteiger partial charge in [-0.3, -0.25) is 9.59 Å². The molecule has 5 heteroatoms. The average molecular weight is 337 g/mol. The number of anilines is 1. The quantitative estimate of drug-likeness (QED) is 0.493. The average Bonchev–Trinajstić information content (AvgIpc) is 2.64. The van der Waals surface area contributed by atoms with Crippen molar-refractivity contribution in [3.8, 4) is 0 Å². The summed E-state index contributed by atoms with van der Waals surface area (Å²) < 4.78 is 0.794. The Morgan fingerprint density at radius 3 is 2.85 bits per heavy atom. The molecule has 1 aliphatic rings. The third kappa shape index (κ3) is 2.99. The van der Waals surface area contributed by atoms with Crippen LogP contribution in [0, 0.1) is 0 Å². The number of carbonyl (C=O) groups is 2. The van der Waals surface area contributed by atoms with Gasteiger partial charge in [-0.1, -0.05) is 29.4 Å². The van der Waals surface area contributed by atoms with Crippen LogP contribution >= 0.6 is 15.9 Å². The molecule has 1 N–H and O–H groups in total. The molecule has 0 aliphatic carbocycles. The number of amides is 1. The molecule has 0 saturated carbocycles. The Kier molecular flexibility index (Phi) is 4.73. The molecule has 0 aromatic heterocycles. The number of fused-ring (bicyclic) bond motifs is 1. The Balaban J connectivity index is 2.12. The molecule has 1 heterocycles. The molecule has 1 amide bonds. The van der Waals surface area contributed by atoms with Crippen LogP contribution in [0.4, 0.5) is 5.69 Å². The molecule has 20 heavy (non-hydrogen) atoms. The Morgan fingerprint density at radius 1 is 1.40 bits per heavy atom. The molecule has 0 bridgehead atoms. The second-order valence-corrected chi connectivity index (χ2v) is 5.72. The number of nitrogens with zero attached hydrogens (tertiary/aromatic N) is 1. The number of carbonyl (C=O) groups excluding carboxylic acids is 2. The number of benzene rings is 1. The van der Waals surface area contributed by atoms with Crippen molar-refractivity contribution < 1.29 is 9.59 Å². The highest BCUT2D eigenvalue weighted by Gasteiger charge is 2.35. The summed E-state index contributed by atoms with van der Waals surface area (Å²) in [6.45, 7) is 7.99. The topological polar surface area (TPSA) is 49.4 Å².